The van der Waals surface area contributed by atoms with E-state index in [0.29, 0.717) is 22.0 Å². The number of amides is 1. The summed E-state index contributed by atoms with van der Waals surface area (Å²) in [5.41, 5.74) is 7.30. The Kier molecular flexibility index (Phi) is 4.94. The van der Waals surface area contributed by atoms with Crippen LogP contribution in [0.2, 0.25) is 5.02 Å². The number of benzene rings is 1. The van der Waals surface area contributed by atoms with Gasteiger partial charge in [0, 0.05) is 17.3 Å². The number of hydrogen-bond donors (Lipinski definition) is 2. The fraction of sp³-hybridized carbons (Fsp3) is 0.125. The van der Waals surface area contributed by atoms with Gasteiger partial charge >= 0.3 is 0 Å². The van der Waals surface area contributed by atoms with Crippen LogP contribution in [0.25, 0.3) is 0 Å². The zero-order valence-electron chi connectivity index (χ0n) is 11.5. The maximum atomic E-state index is 12.2. The predicted molar refractivity (Wildman–Crippen MR) is 84.3 cm³/mol. The first kappa shape index (κ1) is 15.0. The average molecular weight is 300 g/mol. The molecule has 21 heavy (non-hydrogen) atoms. The molecule has 0 aliphatic heterocycles. The van der Waals surface area contributed by atoms with Crippen LogP contribution in [-0.2, 0) is 0 Å². The van der Waals surface area contributed by atoms with Crippen molar-refractivity contribution in [3.8, 4) is 11.8 Å². The quantitative estimate of drug-likeness (QED) is 0.838. The van der Waals surface area contributed by atoms with E-state index < -0.39 is 0 Å². The standard InChI is InChI=1S/C16H14ClN3O/c1-11-4-3-9-19-15(11)20-16(21)13-7-6-12(5-2-8-18)14(17)10-13/h3-4,6-7,9-10H,8,18H2,1H3,(H,19,20,21). The summed E-state index contributed by atoms with van der Waals surface area (Å²) in [6.07, 6.45) is 1.63. The molecule has 0 atom stereocenters. The molecule has 5 heteroatoms. The molecule has 1 aromatic heterocycles. The number of rotatable bonds is 2. The van der Waals surface area contributed by atoms with Crippen LogP contribution in [0.5, 0.6) is 0 Å². The van der Waals surface area contributed by atoms with Gasteiger partial charge in [0.05, 0.1) is 11.6 Å². The maximum absolute atomic E-state index is 12.2. The van der Waals surface area contributed by atoms with E-state index in [2.05, 4.69) is 22.1 Å². The summed E-state index contributed by atoms with van der Waals surface area (Å²) in [7, 11) is 0. The number of halogens is 1. The third kappa shape index (κ3) is 3.82. The first-order chi connectivity index (χ1) is 10.1. The smallest absolute Gasteiger partial charge is 0.256 e. The van der Waals surface area contributed by atoms with Crippen LogP contribution < -0.4 is 11.1 Å². The average Bonchev–Trinajstić information content (AvgIpc) is 2.48. The van der Waals surface area contributed by atoms with E-state index in [0.717, 1.165) is 5.56 Å². The Morgan fingerprint density at radius 1 is 1.43 bits per heavy atom. The maximum Gasteiger partial charge on any atom is 0.256 e. The highest BCUT2D eigenvalue weighted by Gasteiger charge is 2.10. The first-order valence-corrected chi connectivity index (χ1v) is 6.71. The van der Waals surface area contributed by atoms with Crippen LogP contribution in [0.4, 0.5) is 5.82 Å². The Morgan fingerprint density at radius 3 is 2.90 bits per heavy atom. The second-order valence-corrected chi connectivity index (χ2v) is 4.73. The number of carbonyl (C=O) groups is 1. The van der Waals surface area contributed by atoms with Crippen LogP contribution in [0.3, 0.4) is 0 Å². The molecule has 0 unspecified atom stereocenters. The van der Waals surface area contributed by atoms with E-state index in [1.807, 2.05) is 19.1 Å². The SMILES string of the molecule is Cc1cccnc1NC(=O)c1ccc(C#CCN)c(Cl)c1. The predicted octanol–water partition coefficient (Wildman–Crippen LogP) is 2.61. The van der Waals surface area contributed by atoms with Gasteiger partial charge < -0.3 is 11.1 Å². The number of anilines is 1. The van der Waals surface area contributed by atoms with Crippen LogP contribution in [0.1, 0.15) is 21.5 Å². The largest absolute Gasteiger partial charge is 0.320 e. The Bertz CT molecular complexity index is 732. The summed E-state index contributed by atoms with van der Waals surface area (Å²) in [6, 6.07) is 8.63. The van der Waals surface area contributed by atoms with E-state index in [-0.39, 0.29) is 12.5 Å². The molecule has 2 rings (SSSR count). The molecule has 1 amide bonds. The lowest BCUT2D eigenvalue weighted by Crippen LogP contribution is -2.13. The van der Waals surface area contributed by atoms with Crippen LogP contribution in [-0.4, -0.2) is 17.4 Å². The minimum atomic E-state index is -0.267. The fourth-order valence-corrected chi connectivity index (χ4v) is 1.93. The van der Waals surface area contributed by atoms with Gasteiger partial charge in [-0.25, -0.2) is 4.98 Å². The topological polar surface area (TPSA) is 68.0 Å². The number of carbonyl (C=O) groups excluding carboxylic acids is 1. The van der Waals surface area contributed by atoms with Crippen molar-refractivity contribution < 1.29 is 4.79 Å². The third-order valence-corrected chi connectivity index (χ3v) is 3.11. The number of nitrogens with one attached hydrogen (secondary N) is 1. The van der Waals surface area contributed by atoms with Crippen molar-refractivity contribution in [2.24, 2.45) is 5.73 Å². The van der Waals surface area contributed by atoms with Crippen molar-refractivity contribution in [2.75, 3.05) is 11.9 Å². The summed E-state index contributed by atoms with van der Waals surface area (Å²) >= 11 is 6.10. The molecule has 106 valence electrons. The Morgan fingerprint density at radius 2 is 2.24 bits per heavy atom. The van der Waals surface area contributed by atoms with Crippen molar-refractivity contribution in [1.82, 2.24) is 4.98 Å². The zero-order valence-corrected chi connectivity index (χ0v) is 12.2. The lowest BCUT2D eigenvalue weighted by Gasteiger charge is -2.07. The highest BCUT2D eigenvalue weighted by Crippen LogP contribution is 2.18. The molecule has 0 fully saturated rings. The molecule has 0 bridgehead atoms. The molecule has 4 nitrogen and oxygen atoms in total. The summed E-state index contributed by atoms with van der Waals surface area (Å²) in [5.74, 6) is 5.84. The third-order valence-electron chi connectivity index (χ3n) is 2.80. The van der Waals surface area contributed by atoms with Crippen LogP contribution >= 0.6 is 11.6 Å². The van der Waals surface area contributed by atoms with E-state index in [1.54, 1.807) is 24.4 Å². The number of pyridine rings is 1. The molecule has 0 aliphatic carbocycles. The molecule has 0 spiro atoms. The number of aromatic nitrogens is 1. The van der Waals surface area contributed by atoms with Crippen molar-refractivity contribution in [2.45, 2.75) is 6.92 Å². The highest BCUT2D eigenvalue weighted by atomic mass is 35.5. The number of nitrogens with two attached hydrogens (primary N) is 1. The van der Waals surface area contributed by atoms with Gasteiger partial charge in [0.1, 0.15) is 5.82 Å². The van der Waals surface area contributed by atoms with Gasteiger partial charge in [-0.1, -0.05) is 29.5 Å². The Labute approximate surface area is 128 Å². The summed E-state index contributed by atoms with van der Waals surface area (Å²) in [6.45, 7) is 2.14. The molecular formula is C16H14ClN3O. The van der Waals surface area contributed by atoms with Gasteiger partial charge in [-0.05, 0) is 36.8 Å². The Hall–Kier alpha value is -2.35. The number of aryl methyl sites for hydroxylation is 1. The lowest BCUT2D eigenvalue weighted by atomic mass is 10.1. The van der Waals surface area contributed by atoms with Crippen molar-refractivity contribution in [3.05, 3.63) is 58.2 Å². The molecule has 1 heterocycles. The highest BCUT2D eigenvalue weighted by molar-refractivity contribution is 6.32. The second kappa shape index (κ2) is 6.89. The van der Waals surface area contributed by atoms with Gasteiger partial charge in [0.15, 0.2) is 0 Å². The molecule has 0 saturated heterocycles. The van der Waals surface area contributed by atoms with E-state index in [1.165, 1.54) is 0 Å². The minimum absolute atomic E-state index is 0.261. The fourth-order valence-electron chi connectivity index (χ4n) is 1.70. The Balaban J connectivity index is 2.21. The van der Waals surface area contributed by atoms with E-state index >= 15 is 0 Å². The summed E-state index contributed by atoms with van der Waals surface area (Å²) in [4.78, 5) is 16.3. The first-order valence-electron chi connectivity index (χ1n) is 6.33. The van der Waals surface area contributed by atoms with Crippen molar-refractivity contribution in [1.29, 1.82) is 0 Å². The molecule has 2 aromatic rings. The monoisotopic (exact) mass is 299 g/mol. The zero-order chi connectivity index (χ0) is 15.2. The van der Waals surface area contributed by atoms with Crippen molar-refractivity contribution in [3.63, 3.8) is 0 Å². The van der Waals surface area contributed by atoms with Gasteiger partial charge in [-0.2, -0.15) is 0 Å². The number of nitrogens with zero attached hydrogens (tertiary/aromatic N) is 1. The summed E-state index contributed by atoms with van der Waals surface area (Å²) in [5, 5.41) is 3.17. The second-order valence-electron chi connectivity index (χ2n) is 4.32. The number of hydrogen-bond acceptors (Lipinski definition) is 3. The molecule has 3 N–H and O–H groups in total. The molecule has 0 aliphatic rings. The normalized spacial score (nSPS) is 9.67. The summed E-state index contributed by atoms with van der Waals surface area (Å²) < 4.78 is 0. The van der Waals surface area contributed by atoms with Gasteiger partial charge in [-0.15, -0.1) is 0 Å². The molecular weight excluding hydrogens is 286 g/mol. The van der Waals surface area contributed by atoms with E-state index in [9.17, 15) is 4.79 Å². The van der Waals surface area contributed by atoms with Gasteiger partial charge in [-0.3, -0.25) is 4.79 Å². The van der Waals surface area contributed by atoms with Crippen LogP contribution in [0, 0.1) is 18.8 Å². The van der Waals surface area contributed by atoms with Gasteiger partial charge in [0.25, 0.3) is 5.91 Å². The van der Waals surface area contributed by atoms with E-state index in [4.69, 9.17) is 17.3 Å². The van der Waals surface area contributed by atoms with Crippen molar-refractivity contribution >= 4 is 23.3 Å². The molecule has 0 saturated carbocycles. The lowest BCUT2D eigenvalue weighted by molar-refractivity contribution is 0.102. The minimum Gasteiger partial charge on any atom is -0.320 e. The molecule has 1 aromatic carbocycles. The van der Waals surface area contributed by atoms with Gasteiger partial charge in [0.2, 0.25) is 0 Å². The molecule has 0 radical (unpaired) electrons. The van der Waals surface area contributed by atoms with Crippen LogP contribution in [0.15, 0.2) is 36.5 Å².